The van der Waals surface area contributed by atoms with Crippen molar-refractivity contribution in [2.75, 3.05) is 26.3 Å². The molecule has 0 spiro atoms. The molecule has 0 aromatic rings. The van der Waals surface area contributed by atoms with Gasteiger partial charge in [0.15, 0.2) is 0 Å². The lowest BCUT2D eigenvalue weighted by Gasteiger charge is -2.25. The van der Waals surface area contributed by atoms with Gasteiger partial charge in [-0.1, -0.05) is 0 Å². The highest BCUT2D eigenvalue weighted by Crippen LogP contribution is 2.17. The number of β-amino-alcohol motifs (C(OH)–C–C–N with tert-alkyl or cyclic N) is 1. The van der Waals surface area contributed by atoms with Crippen LogP contribution in [0, 0.1) is 0 Å². The number of ether oxygens (including phenoxy) is 1. The molecule has 2 N–H and O–H groups in total. The van der Waals surface area contributed by atoms with E-state index in [-0.39, 0.29) is 18.5 Å². The molecule has 1 aliphatic heterocycles. The standard InChI is InChI=1S/C6H11NO4S/c8-4-5(9)3-7-1-2-11-6(10)12-7/h5,8-9H,1-4H2. The van der Waals surface area contributed by atoms with Crippen LogP contribution >= 0.6 is 11.9 Å². The maximum atomic E-state index is 10.7. The Balaban J connectivity index is 2.27. The highest BCUT2D eigenvalue weighted by molar-refractivity contribution is 8.11. The van der Waals surface area contributed by atoms with E-state index in [1.165, 1.54) is 0 Å². The summed E-state index contributed by atoms with van der Waals surface area (Å²) in [5, 5.41) is 17.2. The molecule has 1 saturated heterocycles. The molecule has 1 rings (SSSR count). The fourth-order valence-corrected chi connectivity index (χ4v) is 1.59. The van der Waals surface area contributed by atoms with Gasteiger partial charge in [0.1, 0.15) is 6.61 Å². The predicted octanol–water partition coefficient (Wildman–Crippen LogP) is -0.560. The van der Waals surface area contributed by atoms with Crippen molar-refractivity contribution in [3.8, 4) is 0 Å². The molecule has 6 heteroatoms. The van der Waals surface area contributed by atoms with Crippen molar-refractivity contribution in [2.24, 2.45) is 0 Å². The van der Waals surface area contributed by atoms with Crippen LogP contribution < -0.4 is 0 Å². The van der Waals surface area contributed by atoms with Gasteiger partial charge >= 0.3 is 5.30 Å². The van der Waals surface area contributed by atoms with Crippen LogP contribution in [-0.4, -0.2) is 52.2 Å². The lowest BCUT2D eigenvalue weighted by atomic mass is 10.4. The Bertz CT molecular complexity index is 166. The number of cyclic esters (lactones) is 1. The fourth-order valence-electron chi connectivity index (χ4n) is 0.830. The highest BCUT2D eigenvalue weighted by Gasteiger charge is 2.20. The number of rotatable bonds is 3. The van der Waals surface area contributed by atoms with Crippen LogP contribution in [0.4, 0.5) is 4.79 Å². The molecule has 5 nitrogen and oxygen atoms in total. The van der Waals surface area contributed by atoms with Crippen molar-refractivity contribution in [2.45, 2.75) is 6.10 Å². The minimum atomic E-state index is -0.789. The third-order valence-corrected chi connectivity index (χ3v) is 2.25. The summed E-state index contributed by atoms with van der Waals surface area (Å²) in [4.78, 5) is 10.7. The van der Waals surface area contributed by atoms with Crippen LogP contribution in [0.3, 0.4) is 0 Å². The van der Waals surface area contributed by atoms with Gasteiger partial charge in [0, 0.05) is 25.0 Å². The van der Waals surface area contributed by atoms with Gasteiger partial charge in [-0.05, 0) is 0 Å². The third kappa shape index (κ3) is 2.98. The zero-order valence-electron chi connectivity index (χ0n) is 6.47. The van der Waals surface area contributed by atoms with Crippen molar-refractivity contribution in [3.05, 3.63) is 0 Å². The normalized spacial score (nSPS) is 22.0. The average Bonchev–Trinajstić information content (AvgIpc) is 2.04. The van der Waals surface area contributed by atoms with E-state index < -0.39 is 6.10 Å². The number of hydrogen-bond acceptors (Lipinski definition) is 6. The Morgan fingerprint density at radius 3 is 3.08 bits per heavy atom. The summed E-state index contributed by atoms with van der Waals surface area (Å²) in [6.45, 7) is 0.944. The summed E-state index contributed by atoms with van der Waals surface area (Å²) >= 11 is 0.931. The fraction of sp³-hybridized carbons (Fsp3) is 0.833. The summed E-state index contributed by atoms with van der Waals surface area (Å²) in [6.07, 6.45) is -0.789. The lowest BCUT2D eigenvalue weighted by molar-refractivity contribution is 0.0741. The van der Waals surface area contributed by atoms with Gasteiger partial charge in [-0.2, -0.15) is 0 Å². The first-order chi connectivity index (χ1) is 5.72. The summed E-state index contributed by atoms with van der Waals surface area (Å²) in [6, 6.07) is 0. The van der Waals surface area contributed by atoms with Gasteiger partial charge in [0.2, 0.25) is 0 Å². The Labute approximate surface area is 74.4 Å². The first kappa shape index (κ1) is 9.79. The Kier molecular flexibility index (Phi) is 3.80. The second kappa shape index (κ2) is 4.66. The number of aliphatic hydroxyl groups is 2. The van der Waals surface area contributed by atoms with Crippen molar-refractivity contribution in [1.82, 2.24) is 4.31 Å². The molecule has 12 heavy (non-hydrogen) atoms. The van der Waals surface area contributed by atoms with Crippen molar-refractivity contribution in [3.63, 3.8) is 0 Å². The topological polar surface area (TPSA) is 70.0 Å². The predicted molar refractivity (Wildman–Crippen MR) is 43.6 cm³/mol. The number of aliphatic hydroxyl groups excluding tert-OH is 2. The van der Waals surface area contributed by atoms with Gasteiger partial charge in [-0.3, -0.25) is 0 Å². The highest BCUT2D eigenvalue weighted by atomic mass is 32.2. The van der Waals surface area contributed by atoms with Crippen LogP contribution in [0.15, 0.2) is 0 Å². The van der Waals surface area contributed by atoms with Gasteiger partial charge in [-0.15, -0.1) is 0 Å². The maximum absolute atomic E-state index is 10.7. The molecule has 0 bridgehead atoms. The van der Waals surface area contributed by atoms with E-state index in [2.05, 4.69) is 4.74 Å². The van der Waals surface area contributed by atoms with E-state index >= 15 is 0 Å². The molecule has 0 saturated carbocycles. The molecule has 1 unspecified atom stereocenters. The summed E-state index contributed by atoms with van der Waals surface area (Å²) in [5.41, 5.74) is 0. The quantitative estimate of drug-likeness (QED) is 0.462. The SMILES string of the molecule is O=C1OCCN(CC(O)CO)S1. The molecule has 0 aliphatic carbocycles. The van der Waals surface area contributed by atoms with E-state index in [1.54, 1.807) is 4.31 Å². The first-order valence-corrected chi connectivity index (χ1v) is 4.38. The van der Waals surface area contributed by atoms with E-state index in [9.17, 15) is 4.79 Å². The van der Waals surface area contributed by atoms with Gasteiger partial charge in [0.25, 0.3) is 0 Å². The zero-order chi connectivity index (χ0) is 8.97. The van der Waals surface area contributed by atoms with E-state index in [4.69, 9.17) is 10.2 Å². The third-order valence-electron chi connectivity index (χ3n) is 1.39. The second-order valence-corrected chi connectivity index (χ2v) is 3.45. The molecule has 1 heterocycles. The van der Waals surface area contributed by atoms with Crippen molar-refractivity contribution >= 4 is 17.2 Å². The van der Waals surface area contributed by atoms with Crippen LogP contribution in [0.25, 0.3) is 0 Å². The summed E-state index contributed by atoms with van der Waals surface area (Å²) in [5.74, 6) is 0. The number of carbonyl (C=O) groups excluding carboxylic acids is 1. The van der Waals surface area contributed by atoms with Crippen LogP contribution in [0.5, 0.6) is 0 Å². The first-order valence-electron chi connectivity index (χ1n) is 3.61. The Morgan fingerprint density at radius 1 is 1.75 bits per heavy atom. The molecule has 0 aromatic heterocycles. The molecule has 0 amide bonds. The largest absolute Gasteiger partial charge is 0.455 e. The lowest BCUT2D eigenvalue weighted by Crippen LogP contribution is -2.36. The average molecular weight is 193 g/mol. The molecule has 0 radical (unpaired) electrons. The molecule has 0 aromatic carbocycles. The van der Waals surface area contributed by atoms with Gasteiger partial charge in [0.05, 0.1) is 12.7 Å². The zero-order valence-corrected chi connectivity index (χ0v) is 7.29. The molecule has 1 atom stereocenters. The van der Waals surface area contributed by atoms with E-state index in [0.717, 1.165) is 11.9 Å². The van der Waals surface area contributed by atoms with E-state index in [1.807, 2.05) is 0 Å². The minimum absolute atomic E-state index is 0.286. The Hall–Kier alpha value is -0.300. The number of carbonyl (C=O) groups is 1. The summed E-state index contributed by atoms with van der Waals surface area (Å²) < 4.78 is 6.33. The smallest absolute Gasteiger partial charge is 0.382 e. The number of hydrogen-bond donors (Lipinski definition) is 2. The molecule has 70 valence electrons. The number of nitrogens with zero attached hydrogens (tertiary/aromatic N) is 1. The van der Waals surface area contributed by atoms with Gasteiger partial charge in [-0.25, -0.2) is 9.10 Å². The molecule has 1 fully saturated rings. The molecular weight excluding hydrogens is 182 g/mol. The molecular formula is C6H11NO4S. The second-order valence-electron chi connectivity index (χ2n) is 2.41. The molecule has 1 aliphatic rings. The van der Waals surface area contributed by atoms with Crippen molar-refractivity contribution < 1.29 is 19.7 Å². The summed E-state index contributed by atoms with van der Waals surface area (Å²) in [7, 11) is 0. The monoisotopic (exact) mass is 193 g/mol. The minimum Gasteiger partial charge on any atom is -0.455 e. The van der Waals surface area contributed by atoms with Crippen molar-refractivity contribution in [1.29, 1.82) is 0 Å². The Morgan fingerprint density at radius 2 is 2.50 bits per heavy atom. The van der Waals surface area contributed by atoms with Gasteiger partial charge < -0.3 is 14.9 Å². The van der Waals surface area contributed by atoms with Crippen LogP contribution in [0.2, 0.25) is 0 Å². The maximum Gasteiger partial charge on any atom is 0.382 e. The van der Waals surface area contributed by atoms with Crippen LogP contribution in [0.1, 0.15) is 0 Å². The van der Waals surface area contributed by atoms with Crippen LogP contribution in [-0.2, 0) is 4.74 Å². The van der Waals surface area contributed by atoms with E-state index in [0.29, 0.717) is 13.2 Å².